The van der Waals surface area contributed by atoms with Crippen molar-refractivity contribution in [1.82, 2.24) is 4.98 Å². The van der Waals surface area contributed by atoms with E-state index in [0.717, 1.165) is 26.2 Å². The summed E-state index contributed by atoms with van der Waals surface area (Å²) in [5.41, 5.74) is -2.42. The first kappa shape index (κ1) is 21.3. The SMILES string of the molecule is COc1c([C@H]2[C@H](c3cc(=O)cc(C)[nH]3)O[C@@](C)(C(F)(F)F)[C@H]2C)ccc(F)c1F. The summed E-state index contributed by atoms with van der Waals surface area (Å²) in [5.74, 6) is -5.23. The van der Waals surface area contributed by atoms with Gasteiger partial charge in [-0.2, -0.15) is 17.6 Å². The third-order valence-electron chi connectivity index (χ3n) is 5.62. The molecule has 9 heteroatoms. The maximum atomic E-state index is 14.3. The smallest absolute Gasteiger partial charge is 0.417 e. The fraction of sp³-hybridized carbons (Fsp3) is 0.450. The molecule has 158 valence electrons. The first-order valence-corrected chi connectivity index (χ1v) is 8.88. The highest BCUT2D eigenvalue weighted by atomic mass is 19.4. The standard InChI is InChI=1S/C20H20F5NO3/c1-9-7-11(27)8-14(26-9)18-15(10(2)19(3,29-18)20(23,24)25)12-5-6-13(21)16(22)17(12)28-4/h5-8,10,15,18H,1-4H3,(H,26,27)/t10-,15-,18-,19+/m0/s1. The van der Waals surface area contributed by atoms with E-state index in [1.165, 1.54) is 19.1 Å². The summed E-state index contributed by atoms with van der Waals surface area (Å²) in [5, 5.41) is 0. The Balaban J connectivity index is 2.25. The second-order valence-electron chi connectivity index (χ2n) is 7.40. The van der Waals surface area contributed by atoms with Gasteiger partial charge in [-0.25, -0.2) is 4.39 Å². The van der Waals surface area contributed by atoms with Gasteiger partial charge in [0.1, 0.15) is 6.10 Å². The zero-order chi connectivity index (χ0) is 21.7. The Hall–Kier alpha value is -2.42. The van der Waals surface area contributed by atoms with Crippen LogP contribution < -0.4 is 10.2 Å². The van der Waals surface area contributed by atoms with Crippen LogP contribution in [0, 0.1) is 24.5 Å². The maximum absolute atomic E-state index is 14.3. The molecule has 0 amide bonds. The van der Waals surface area contributed by atoms with E-state index in [2.05, 4.69) is 4.98 Å². The lowest BCUT2D eigenvalue weighted by atomic mass is 9.76. The molecule has 1 saturated heterocycles. The minimum atomic E-state index is -4.74. The molecular weight excluding hydrogens is 397 g/mol. The predicted molar refractivity (Wildman–Crippen MR) is 94.9 cm³/mol. The Kier molecular flexibility index (Phi) is 5.23. The molecule has 4 atom stereocenters. The molecule has 2 aromatic rings. The van der Waals surface area contributed by atoms with Gasteiger partial charge in [-0.15, -0.1) is 0 Å². The lowest BCUT2D eigenvalue weighted by molar-refractivity contribution is -0.275. The van der Waals surface area contributed by atoms with Crippen LogP contribution in [0.1, 0.15) is 42.8 Å². The zero-order valence-electron chi connectivity index (χ0n) is 16.2. The average Bonchev–Trinajstić information content (AvgIpc) is 2.89. The van der Waals surface area contributed by atoms with E-state index in [9.17, 15) is 26.7 Å². The van der Waals surface area contributed by atoms with Gasteiger partial charge in [0, 0.05) is 40.9 Å². The van der Waals surface area contributed by atoms with Gasteiger partial charge in [0.05, 0.1) is 7.11 Å². The third kappa shape index (κ3) is 3.41. The lowest BCUT2D eigenvalue weighted by Crippen LogP contribution is -2.46. The minimum Gasteiger partial charge on any atom is -0.493 e. The molecule has 4 nitrogen and oxygen atoms in total. The van der Waals surface area contributed by atoms with Crippen molar-refractivity contribution < 1.29 is 31.4 Å². The van der Waals surface area contributed by atoms with Crippen LogP contribution in [-0.4, -0.2) is 23.9 Å². The Morgan fingerprint density at radius 3 is 2.41 bits per heavy atom. The summed E-state index contributed by atoms with van der Waals surface area (Å²) < 4.78 is 80.1. The molecule has 29 heavy (non-hydrogen) atoms. The molecule has 0 radical (unpaired) electrons. The number of ether oxygens (including phenoxy) is 2. The molecule has 1 fully saturated rings. The molecule has 1 aromatic carbocycles. The first-order valence-electron chi connectivity index (χ1n) is 8.88. The van der Waals surface area contributed by atoms with Gasteiger partial charge in [-0.3, -0.25) is 4.79 Å². The summed E-state index contributed by atoms with van der Waals surface area (Å²) in [6.45, 7) is 3.82. The van der Waals surface area contributed by atoms with Crippen LogP contribution in [-0.2, 0) is 4.74 Å². The molecule has 1 aliphatic heterocycles. The molecule has 1 aromatic heterocycles. The first-order chi connectivity index (χ1) is 13.4. The van der Waals surface area contributed by atoms with Crippen molar-refractivity contribution in [3.63, 3.8) is 0 Å². The Labute approximate surface area is 163 Å². The van der Waals surface area contributed by atoms with Crippen LogP contribution in [0.15, 0.2) is 29.1 Å². The Morgan fingerprint density at radius 2 is 1.86 bits per heavy atom. The number of alkyl halides is 3. The summed E-state index contributed by atoms with van der Waals surface area (Å²) in [6.07, 6.45) is -6.00. The third-order valence-corrected chi connectivity index (χ3v) is 5.62. The number of aryl methyl sites for hydroxylation is 1. The van der Waals surface area contributed by atoms with Crippen molar-refractivity contribution >= 4 is 0 Å². The quantitative estimate of drug-likeness (QED) is 0.732. The number of pyridine rings is 1. The van der Waals surface area contributed by atoms with Crippen molar-refractivity contribution in [3.8, 4) is 5.75 Å². The molecule has 1 N–H and O–H groups in total. The van der Waals surface area contributed by atoms with Crippen molar-refractivity contribution in [2.75, 3.05) is 7.11 Å². The van der Waals surface area contributed by atoms with Gasteiger partial charge < -0.3 is 14.5 Å². The van der Waals surface area contributed by atoms with Crippen molar-refractivity contribution in [2.45, 2.75) is 44.6 Å². The number of methoxy groups -OCH3 is 1. The summed E-state index contributed by atoms with van der Waals surface area (Å²) in [7, 11) is 1.11. The van der Waals surface area contributed by atoms with E-state index in [0.29, 0.717) is 5.69 Å². The predicted octanol–water partition coefficient (Wildman–Crippen LogP) is 4.78. The molecule has 0 aliphatic carbocycles. The molecule has 0 saturated carbocycles. The van der Waals surface area contributed by atoms with Crippen molar-refractivity contribution in [3.05, 3.63) is 63.1 Å². The Bertz CT molecular complexity index is 987. The van der Waals surface area contributed by atoms with Crippen molar-refractivity contribution in [2.24, 2.45) is 5.92 Å². The van der Waals surface area contributed by atoms with E-state index in [1.54, 1.807) is 6.92 Å². The van der Waals surface area contributed by atoms with Gasteiger partial charge in [-0.1, -0.05) is 13.0 Å². The summed E-state index contributed by atoms with van der Waals surface area (Å²) in [4.78, 5) is 14.8. The van der Waals surface area contributed by atoms with E-state index in [4.69, 9.17) is 9.47 Å². The zero-order valence-corrected chi connectivity index (χ0v) is 16.2. The van der Waals surface area contributed by atoms with E-state index >= 15 is 0 Å². The lowest BCUT2D eigenvalue weighted by Gasteiger charge is -2.32. The molecule has 0 unspecified atom stereocenters. The van der Waals surface area contributed by atoms with E-state index in [-0.39, 0.29) is 11.3 Å². The highest BCUT2D eigenvalue weighted by Gasteiger charge is 2.65. The van der Waals surface area contributed by atoms with Gasteiger partial charge in [0.25, 0.3) is 0 Å². The fourth-order valence-corrected chi connectivity index (χ4v) is 3.94. The minimum absolute atomic E-state index is 0.0271. The summed E-state index contributed by atoms with van der Waals surface area (Å²) >= 11 is 0. The van der Waals surface area contributed by atoms with Gasteiger partial charge in [0.2, 0.25) is 5.82 Å². The van der Waals surface area contributed by atoms with Crippen molar-refractivity contribution in [1.29, 1.82) is 0 Å². The number of aromatic nitrogens is 1. The number of hydrogen-bond acceptors (Lipinski definition) is 3. The topological polar surface area (TPSA) is 51.3 Å². The molecule has 0 bridgehead atoms. The Morgan fingerprint density at radius 1 is 1.21 bits per heavy atom. The number of rotatable bonds is 3. The monoisotopic (exact) mass is 417 g/mol. The number of hydrogen-bond donors (Lipinski definition) is 1. The maximum Gasteiger partial charge on any atom is 0.417 e. The molecule has 3 rings (SSSR count). The number of halogens is 5. The normalized spacial score (nSPS) is 27.3. The number of aromatic amines is 1. The fourth-order valence-electron chi connectivity index (χ4n) is 3.94. The highest BCUT2D eigenvalue weighted by molar-refractivity contribution is 5.42. The van der Waals surface area contributed by atoms with Crippen LogP contribution in [0.4, 0.5) is 22.0 Å². The van der Waals surface area contributed by atoms with Crippen LogP contribution in [0.3, 0.4) is 0 Å². The highest BCUT2D eigenvalue weighted by Crippen LogP contribution is 2.59. The van der Waals surface area contributed by atoms with Crippen LogP contribution in [0.2, 0.25) is 0 Å². The second-order valence-corrected chi connectivity index (χ2v) is 7.40. The second kappa shape index (κ2) is 7.12. The average molecular weight is 417 g/mol. The molecule has 1 aliphatic rings. The molecule has 2 heterocycles. The van der Waals surface area contributed by atoms with Gasteiger partial charge >= 0.3 is 6.18 Å². The van der Waals surface area contributed by atoms with Crippen LogP contribution in [0.5, 0.6) is 5.75 Å². The number of benzene rings is 1. The molecular formula is C20H20F5NO3. The van der Waals surface area contributed by atoms with Crippen LogP contribution >= 0.6 is 0 Å². The molecule has 0 spiro atoms. The van der Waals surface area contributed by atoms with Crippen LogP contribution in [0.25, 0.3) is 0 Å². The van der Waals surface area contributed by atoms with E-state index < -0.39 is 52.5 Å². The largest absolute Gasteiger partial charge is 0.493 e. The summed E-state index contributed by atoms with van der Waals surface area (Å²) in [6, 6.07) is 4.45. The van der Waals surface area contributed by atoms with Gasteiger partial charge in [0.15, 0.2) is 22.6 Å². The number of H-pyrrole nitrogens is 1. The number of nitrogens with one attached hydrogen (secondary N) is 1. The van der Waals surface area contributed by atoms with E-state index in [1.807, 2.05) is 0 Å². The van der Waals surface area contributed by atoms with Gasteiger partial charge in [-0.05, 0) is 19.9 Å².